The second kappa shape index (κ2) is 16.7. The van der Waals surface area contributed by atoms with Crippen LogP contribution in [0.25, 0.3) is 10.9 Å². The van der Waals surface area contributed by atoms with Crippen LogP contribution in [0.15, 0.2) is 59.7 Å². The molecule has 5 aliphatic rings. The summed E-state index contributed by atoms with van der Waals surface area (Å²) >= 11 is 6.43. The number of rotatable bonds is 10. The SMILES string of the molecule is COc1cc2nn(C3CCC(CCN4CCC5(CC4)CCN(C(=O)c4ccc(Cl)c(N6CCC(=O)NC6=O)c4)CC5)CC3)cc2cc1C(=O)Nc1cccn(C2CC2)c1=O. The third-order valence-electron chi connectivity index (χ3n) is 13.9. The van der Waals surface area contributed by atoms with Gasteiger partial charge in [0.1, 0.15) is 11.4 Å². The van der Waals surface area contributed by atoms with Crippen molar-refractivity contribution in [2.75, 3.05) is 56.6 Å². The first-order valence-corrected chi connectivity index (χ1v) is 22.0. The molecule has 2 saturated carbocycles. The summed E-state index contributed by atoms with van der Waals surface area (Å²) in [5.41, 5.74) is 2.44. The molecule has 1 spiro atoms. The van der Waals surface area contributed by atoms with Gasteiger partial charge in [-0.15, -0.1) is 0 Å². The Morgan fingerprint density at radius 2 is 1.65 bits per heavy atom. The number of amides is 5. The molecule has 0 atom stereocenters. The smallest absolute Gasteiger partial charge is 0.328 e. The van der Waals surface area contributed by atoms with Crippen LogP contribution in [0.4, 0.5) is 16.2 Å². The number of aromatic nitrogens is 3. The van der Waals surface area contributed by atoms with Gasteiger partial charge in [0.25, 0.3) is 17.4 Å². The number of nitrogens with zero attached hydrogens (tertiary/aromatic N) is 6. The van der Waals surface area contributed by atoms with Crippen molar-refractivity contribution < 1.29 is 23.9 Å². The highest BCUT2D eigenvalue weighted by Gasteiger charge is 2.39. The highest BCUT2D eigenvalue weighted by Crippen LogP contribution is 2.43. The van der Waals surface area contributed by atoms with Crippen LogP contribution in [0.3, 0.4) is 0 Å². The first-order chi connectivity index (χ1) is 29.1. The Kier molecular flexibility index (Phi) is 11.2. The van der Waals surface area contributed by atoms with Crippen molar-refractivity contribution in [2.24, 2.45) is 11.3 Å². The van der Waals surface area contributed by atoms with Gasteiger partial charge in [-0.3, -0.25) is 34.1 Å². The number of ether oxygens (including phenoxy) is 1. The van der Waals surface area contributed by atoms with E-state index in [4.69, 9.17) is 21.4 Å². The Bertz CT molecular complexity index is 2360. The fourth-order valence-electron chi connectivity index (χ4n) is 9.87. The number of halogens is 1. The average molecular weight is 837 g/mol. The summed E-state index contributed by atoms with van der Waals surface area (Å²) in [6.07, 6.45) is 15.9. The molecule has 0 unspecified atom stereocenters. The zero-order valence-electron chi connectivity index (χ0n) is 34.2. The highest BCUT2D eigenvalue weighted by molar-refractivity contribution is 6.34. The Morgan fingerprint density at radius 3 is 2.37 bits per heavy atom. The molecule has 9 rings (SSSR count). The van der Waals surface area contributed by atoms with Crippen molar-refractivity contribution in [3.8, 4) is 5.75 Å². The lowest BCUT2D eigenvalue weighted by Gasteiger charge is -2.47. The maximum Gasteiger partial charge on any atom is 0.328 e. The minimum atomic E-state index is -0.523. The maximum absolute atomic E-state index is 13.6. The monoisotopic (exact) mass is 836 g/mol. The van der Waals surface area contributed by atoms with Crippen LogP contribution in [0.1, 0.15) is 110 Å². The number of nitrogens with one attached hydrogen (secondary N) is 2. The number of fused-ring (bicyclic) bond motifs is 1. The van der Waals surface area contributed by atoms with Gasteiger partial charge in [0.15, 0.2) is 0 Å². The molecular formula is C45H53ClN8O6. The molecule has 0 bridgehead atoms. The lowest BCUT2D eigenvalue weighted by molar-refractivity contribution is -0.120. The number of hydrogen-bond donors (Lipinski definition) is 2. The molecule has 5 fully saturated rings. The fraction of sp³-hybridized carbons (Fsp3) is 0.511. The van der Waals surface area contributed by atoms with Gasteiger partial charge in [0, 0.05) is 61.5 Å². The Balaban J connectivity index is 0.731. The van der Waals surface area contributed by atoms with Crippen molar-refractivity contribution in [3.63, 3.8) is 0 Å². The number of urea groups is 1. The number of hydrogen-bond acceptors (Lipinski definition) is 8. The van der Waals surface area contributed by atoms with Crippen molar-refractivity contribution in [3.05, 3.63) is 81.4 Å². The van der Waals surface area contributed by atoms with Crippen molar-refractivity contribution >= 4 is 57.6 Å². The van der Waals surface area contributed by atoms with E-state index in [1.807, 2.05) is 23.2 Å². The number of pyridine rings is 1. The Hall–Kier alpha value is -5.21. The highest BCUT2D eigenvalue weighted by atomic mass is 35.5. The molecule has 5 heterocycles. The molecule has 3 aliphatic heterocycles. The van der Waals surface area contributed by atoms with Gasteiger partial charge in [-0.25, -0.2) is 4.79 Å². The van der Waals surface area contributed by atoms with Crippen LogP contribution in [0.2, 0.25) is 5.02 Å². The third-order valence-corrected chi connectivity index (χ3v) is 14.2. The van der Waals surface area contributed by atoms with Gasteiger partial charge in [-0.05, 0) is 138 Å². The number of imide groups is 1. The summed E-state index contributed by atoms with van der Waals surface area (Å²) in [6.45, 7) is 4.96. The summed E-state index contributed by atoms with van der Waals surface area (Å²) in [5.74, 6) is 0.363. The molecule has 316 valence electrons. The van der Waals surface area contributed by atoms with Crippen LogP contribution in [-0.4, -0.2) is 94.3 Å². The quantitative estimate of drug-likeness (QED) is 0.173. The van der Waals surface area contributed by atoms with Crippen LogP contribution < -0.4 is 25.8 Å². The first kappa shape index (κ1) is 40.2. The molecule has 2 aliphatic carbocycles. The zero-order valence-corrected chi connectivity index (χ0v) is 34.9. The van der Waals surface area contributed by atoms with Gasteiger partial charge in [-0.2, -0.15) is 5.10 Å². The predicted octanol–water partition coefficient (Wildman–Crippen LogP) is 7.03. The molecule has 3 saturated heterocycles. The summed E-state index contributed by atoms with van der Waals surface area (Å²) in [6, 6.07) is 12.1. The van der Waals surface area contributed by atoms with Crippen LogP contribution in [0.5, 0.6) is 5.75 Å². The number of methoxy groups -OCH3 is 1. The first-order valence-electron chi connectivity index (χ1n) is 21.6. The van der Waals surface area contributed by atoms with E-state index in [0.29, 0.717) is 52.6 Å². The number of piperidine rings is 2. The third kappa shape index (κ3) is 8.28. The Morgan fingerprint density at radius 1 is 0.917 bits per heavy atom. The van der Waals surface area contributed by atoms with E-state index >= 15 is 0 Å². The number of anilines is 2. The zero-order chi connectivity index (χ0) is 41.5. The average Bonchev–Trinajstić information content (AvgIpc) is 4.02. The van der Waals surface area contributed by atoms with Gasteiger partial charge < -0.3 is 24.4 Å². The normalized spacial score (nSPS) is 22.2. The minimum Gasteiger partial charge on any atom is -0.496 e. The van der Waals surface area contributed by atoms with E-state index < -0.39 is 6.03 Å². The fourth-order valence-corrected chi connectivity index (χ4v) is 10.1. The van der Waals surface area contributed by atoms with Crippen molar-refractivity contribution in [1.29, 1.82) is 0 Å². The molecule has 60 heavy (non-hydrogen) atoms. The number of carbonyl (C=O) groups excluding carboxylic acids is 4. The van der Waals surface area contributed by atoms with E-state index in [0.717, 1.165) is 94.7 Å². The second-order valence-electron chi connectivity index (χ2n) is 17.6. The van der Waals surface area contributed by atoms with Crippen LogP contribution in [-0.2, 0) is 4.79 Å². The van der Waals surface area contributed by atoms with Gasteiger partial charge in [-0.1, -0.05) is 11.6 Å². The number of likely N-dealkylation sites (tertiary alicyclic amines) is 2. The largest absolute Gasteiger partial charge is 0.496 e. The predicted molar refractivity (Wildman–Crippen MR) is 229 cm³/mol. The lowest BCUT2D eigenvalue weighted by Crippen LogP contribution is -2.50. The summed E-state index contributed by atoms with van der Waals surface area (Å²) < 4.78 is 9.39. The summed E-state index contributed by atoms with van der Waals surface area (Å²) in [4.78, 5) is 70.1. The van der Waals surface area contributed by atoms with E-state index in [9.17, 15) is 24.0 Å². The van der Waals surface area contributed by atoms with Gasteiger partial charge >= 0.3 is 6.03 Å². The number of carbonyl (C=O) groups is 4. The minimum absolute atomic E-state index is 0.0519. The Labute approximate surface area is 354 Å². The second-order valence-corrected chi connectivity index (χ2v) is 18.0. The van der Waals surface area contributed by atoms with Crippen LogP contribution in [0, 0.1) is 11.3 Å². The molecule has 15 heteroatoms. The molecular weight excluding hydrogens is 784 g/mol. The standard InChI is InChI=1S/C45H53ClN8O6/c1-60-39-27-37-31(25-34(39)41(56)47-36-3-2-18-52(43(36)58)32-9-10-32)28-54(49-37)33-7-4-29(5-8-33)12-19-50-21-14-45(15-22-50)16-23-51(24-17-45)42(57)30-6-11-35(46)38(26-30)53-20-13-40(55)48-44(53)59/h2-3,6,11,18,25-29,32-33H,4-5,7-10,12-17,19-24H2,1H3,(H,47,56)(H,48,55,59). The van der Waals surface area contributed by atoms with E-state index in [1.54, 1.807) is 48.2 Å². The molecule has 0 radical (unpaired) electrons. The molecule has 4 aromatic rings. The van der Waals surface area contributed by atoms with E-state index in [2.05, 4.69) is 20.2 Å². The van der Waals surface area contributed by atoms with E-state index in [1.165, 1.54) is 11.3 Å². The van der Waals surface area contributed by atoms with Gasteiger partial charge in [0.2, 0.25) is 5.91 Å². The number of benzene rings is 2. The summed E-state index contributed by atoms with van der Waals surface area (Å²) in [7, 11) is 1.54. The van der Waals surface area contributed by atoms with E-state index in [-0.39, 0.29) is 53.4 Å². The van der Waals surface area contributed by atoms with Crippen molar-refractivity contribution in [1.82, 2.24) is 29.5 Å². The molecule has 14 nitrogen and oxygen atoms in total. The summed E-state index contributed by atoms with van der Waals surface area (Å²) in [5, 5.41) is 11.3. The van der Waals surface area contributed by atoms with Crippen molar-refractivity contribution in [2.45, 2.75) is 89.1 Å². The molecule has 2 aromatic heterocycles. The molecule has 2 N–H and O–H groups in total. The lowest BCUT2D eigenvalue weighted by atomic mass is 9.71. The molecule has 2 aromatic carbocycles. The molecule has 5 amide bonds. The van der Waals surface area contributed by atoms with Crippen LogP contribution >= 0.6 is 11.6 Å². The maximum atomic E-state index is 13.6. The topological polar surface area (TPSA) is 151 Å². The van der Waals surface area contributed by atoms with Gasteiger partial charge in [0.05, 0.1) is 34.9 Å².